The number of aromatic nitrogens is 2. The topological polar surface area (TPSA) is 64.0 Å². The van der Waals surface area contributed by atoms with Crippen LogP contribution in [0.4, 0.5) is 5.82 Å². The standard InChI is InChI=1S/C7H13N3O2S/c1-4-13(11,12)9-7-5-6(2)8-10(7)3/h5,9H,4H2,1-3H3. The molecule has 0 unspecified atom stereocenters. The predicted molar refractivity (Wildman–Crippen MR) is 51.0 cm³/mol. The molecule has 1 aromatic rings. The molecule has 0 spiro atoms. The van der Waals surface area contributed by atoms with Crippen molar-refractivity contribution < 1.29 is 8.42 Å². The zero-order chi connectivity index (χ0) is 10.1. The fraction of sp³-hybridized carbons (Fsp3) is 0.571. The summed E-state index contributed by atoms with van der Waals surface area (Å²) in [5, 5.41) is 4.02. The molecule has 1 heterocycles. The minimum atomic E-state index is -3.19. The Hall–Kier alpha value is -1.04. The highest BCUT2D eigenvalue weighted by atomic mass is 32.2. The first-order valence-corrected chi connectivity index (χ1v) is 5.61. The Morgan fingerprint density at radius 1 is 1.62 bits per heavy atom. The van der Waals surface area contributed by atoms with Crippen molar-refractivity contribution in [2.45, 2.75) is 13.8 Å². The second kappa shape index (κ2) is 3.37. The summed E-state index contributed by atoms with van der Waals surface area (Å²) < 4.78 is 26.3. The quantitative estimate of drug-likeness (QED) is 0.777. The van der Waals surface area contributed by atoms with Gasteiger partial charge in [-0.2, -0.15) is 5.10 Å². The molecule has 6 heteroatoms. The van der Waals surface area contributed by atoms with E-state index < -0.39 is 10.0 Å². The van der Waals surface area contributed by atoms with E-state index in [1.807, 2.05) is 6.92 Å². The summed E-state index contributed by atoms with van der Waals surface area (Å²) in [5.41, 5.74) is 0.788. The number of sulfonamides is 1. The maximum Gasteiger partial charge on any atom is 0.233 e. The van der Waals surface area contributed by atoms with Crippen LogP contribution in [0, 0.1) is 6.92 Å². The minimum absolute atomic E-state index is 0.0667. The molecular formula is C7H13N3O2S. The van der Waals surface area contributed by atoms with E-state index in [4.69, 9.17) is 0 Å². The van der Waals surface area contributed by atoms with Crippen LogP contribution in [0.3, 0.4) is 0 Å². The SMILES string of the molecule is CCS(=O)(=O)Nc1cc(C)nn1C. The Labute approximate surface area is 77.8 Å². The van der Waals surface area contributed by atoms with E-state index in [0.29, 0.717) is 5.82 Å². The first kappa shape index (κ1) is 10.0. The van der Waals surface area contributed by atoms with E-state index in [1.165, 1.54) is 4.68 Å². The van der Waals surface area contributed by atoms with Crippen molar-refractivity contribution in [2.24, 2.45) is 7.05 Å². The van der Waals surface area contributed by atoms with Gasteiger partial charge in [0, 0.05) is 13.1 Å². The molecule has 5 nitrogen and oxygen atoms in total. The van der Waals surface area contributed by atoms with Crippen LogP contribution in [0.25, 0.3) is 0 Å². The van der Waals surface area contributed by atoms with Crippen LogP contribution < -0.4 is 4.72 Å². The largest absolute Gasteiger partial charge is 0.268 e. The summed E-state index contributed by atoms with van der Waals surface area (Å²) in [7, 11) is -1.50. The van der Waals surface area contributed by atoms with Gasteiger partial charge in [0.1, 0.15) is 5.82 Å². The van der Waals surface area contributed by atoms with Crippen molar-refractivity contribution in [2.75, 3.05) is 10.5 Å². The van der Waals surface area contributed by atoms with Crippen LogP contribution in [0.2, 0.25) is 0 Å². The van der Waals surface area contributed by atoms with Gasteiger partial charge in [0.2, 0.25) is 10.0 Å². The van der Waals surface area contributed by atoms with Crippen molar-refractivity contribution >= 4 is 15.8 Å². The Balaban J connectivity index is 2.92. The predicted octanol–water partition coefficient (Wildman–Crippen LogP) is 0.490. The lowest BCUT2D eigenvalue weighted by atomic mass is 10.5. The molecule has 0 aliphatic rings. The normalized spacial score (nSPS) is 11.6. The highest BCUT2D eigenvalue weighted by Crippen LogP contribution is 2.09. The van der Waals surface area contributed by atoms with Gasteiger partial charge in [0.15, 0.2) is 0 Å². The minimum Gasteiger partial charge on any atom is -0.268 e. The van der Waals surface area contributed by atoms with Crippen LogP contribution >= 0.6 is 0 Å². The zero-order valence-corrected chi connectivity index (χ0v) is 8.72. The van der Waals surface area contributed by atoms with E-state index in [-0.39, 0.29) is 5.75 Å². The molecule has 1 rings (SSSR count). The molecule has 1 N–H and O–H groups in total. The molecule has 0 aromatic carbocycles. The van der Waals surface area contributed by atoms with E-state index >= 15 is 0 Å². The van der Waals surface area contributed by atoms with Crippen molar-refractivity contribution in [3.05, 3.63) is 11.8 Å². The molecule has 1 aromatic heterocycles. The number of rotatable bonds is 3. The number of nitrogens with one attached hydrogen (secondary N) is 1. The van der Waals surface area contributed by atoms with E-state index in [1.54, 1.807) is 20.0 Å². The number of hydrogen-bond acceptors (Lipinski definition) is 3. The second-order valence-corrected chi connectivity index (χ2v) is 4.81. The van der Waals surface area contributed by atoms with Gasteiger partial charge in [-0.1, -0.05) is 0 Å². The van der Waals surface area contributed by atoms with E-state index in [9.17, 15) is 8.42 Å². The monoisotopic (exact) mass is 203 g/mol. The van der Waals surface area contributed by atoms with Crippen molar-refractivity contribution in [3.8, 4) is 0 Å². The van der Waals surface area contributed by atoms with Gasteiger partial charge in [0.05, 0.1) is 11.4 Å². The van der Waals surface area contributed by atoms with E-state index in [0.717, 1.165) is 5.69 Å². The van der Waals surface area contributed by atoms with Crippen LogP contribution in [-0.4, -0.2) is 24.0 Å². The maximum atomic E-state index is 11.2. The fourth-order valence-corrected chi connectivity index (χ4v) is 1.59. The van der Waals surface area contributed by atoms with Crippen LogP contribution in [0.15, 0.2) is 6.07 Å². The molecule has 13 heavy (non-hydrogen) atoms. The molecule has 0 saturated heterocycles. The molecule has 0 fully saturated rings. The summed E-state index contributed by atoms with van der Waals surface area (Å²) in [6.45, 7) is 3.40. The van der Waals surface area contributed by atoms with Crippen LogP contribution in [-0.2, 0) is 17.1 Å². The molecule has 0 saturated carbocycles. The summed E-state index contributed by atoms with van der Waals surface area (Å²) in [4.78, 5) is 0. The lowest BCUT2D eigenvalue weighted by Gasteiger charge is -2.04. The van der Waals surface area contributed by atoms with Crippen molar-refractivity contribution in [1.82, 2.24) is 9.78 Å². The smallest absolute Gasteiger partial charge is 0.233 e. The molecule has 0 aliphatic carbocycles. The summed E-state index contributed by atoms with van der Waals surface area (Å²) in [6.07, 6.45) is 0. The fourth-order valence-electron chi connectivity index (χ4n) is 0.938. The Morgan fingerprint density at radius 2 is 2.23 bits per heavy atom. The average molecular weight is 203 g/mol. The Morgan fingerprint density at radius 3 is 2.62 bits per heavy atom. The Kier molecular flexibility index (Phi) is 2.60. The van der Waals surface area contributed by atoms with E-state index in [2.05, 4.69) is 9.82 Å². The lowest BCUT2D eigenvalue weighted by Crippen LogP contribution is -2.16. The van der Waals surface area contributed by atoms with Crippen molar-refractivity contribution in [1.29, 1.82) is 0 Å². The van der Waals surface area contributed by atoms with Gasteiger partial charge in [-0.15, -0.1) is 0 Å². The molecule has 0 amide bonds. The van der Waals surface area contributed by atoms with Crippen LogP contribution in [0.5, 0.6) is 0 Å². The molecule has 0 atom stereocenters. The number of aryl methyl sites for hydroxylation is 2. The lowest BCUT2D eigenvalue weighted by molar-refractivity contribution is 0.601. The van der Waals surface area contributed by atoms with Gasteiger partial charge < -0.3 is 0 Å². The number of nitrogens with zero attached hydrogens (tertiary/aromatic N) is 2. The zero-order valence-electron chi connectivity index (χ0n) is 7.90. The van der Waals surface area contributed by atoms with Gasteiger partial charge in [0.25, 0.3) is 0 Å². The Bertz CT molecular complexity index is 394. The van der Waals surface area contributed by atoms with Gasteiger partial charge in [-0.05, 0) is 13.8 Å². The highest BCUT2D eigenvalue weighted by Gasteiger charge is 2.09. The second-order valence-electron chi connectivity index (χ2n) is 2.80. The molecular weight excluding hydrogens is 190 g/mol. The summed E-state index contributed by atoms with van der Waals surface area (Å²) in [5.74, 6) is 0.566. The first-order valence-electron chi connectivity index (χ1n) is 3.96. The molecule has 0 aliphatic heterocycles. The molecule has 0 bridgehead atoms. The number of hydrogen-bond donors (Lipinski definition) is 1. The summed E-state index contributed by atoms with van der Waals surface area (Å²) in [6, 6.07) is 1.69. The maximum absolute atomic E-state index is 11.2. The van der Waals surface area contributed by atoms with Crippen molar-refractivity contribution in [3.63, 3.8) is 0 Å². The first-order chi connectivity index (χ1) is 5.94. The molecule has 74 valence electrons. The summed E-state index contributed by atoms with van der Waals surface area (Å²) >= 11 is 0. The van der Waals surface area contributed by atoms with Crippen LogP contribution in [0.1, 0.15) is 12.6 Å². The highest BCUT2D eigenvalue weighted by molar-refractivity contribution is 7.92. The average Bonchev–Trinajstić information content (AvgIpc) is 2.30. The third kappa shape index (κ3) is 2.45. The molecule has 0 radical (unpaired) electrons. The van der Waals surface area contributed by atoms with Gasteiger partial charge in [-0.3, -0.25) is 9.40 Å². The van der Waals surface area contributed by atoms with Gasteiger partial charge >= 0.3 is 0 Å². The third-order valence-corrected chi connectivity index (χ3v) is 2.92. The third-order valence-electron chi connectivity index (χ3n) is 1.64. The van der Waals surface area contributed by atoms with Gasteiger partial charge in [-0.25, -0.2) is 8.42 Å². The number of anilines is 1.